The van der Waals surface area contributed by atoms with E-state index in [-0.39, 0.29) is 11.7 Å². The molecule has 0 saturated carbocycles. The van der Waals surface area contributed by atoms with E-state index < -0.39 is 0 Å². The molecule has 0 aliphatic carbocycles. The third-order valence-corrected chi connectivity index (χ3v) is 5.13. The maximum Gasteiger partial charge on any atom is 0.221 e. The molecule has 1 N–H and O–H groups in total. The fraction of sp³-hybridized carbons (Fsp3) is 0.368. The van der Waals surface area contributed by atoms with Crippen LogP contribution in [0.15, 0.2) is 47.5 Å². The third-order valence-electron chi connectivity index (χ3n) is 4.08. The summed E-state index contributed by atoms with van der Waals surface area (Å²) in [5.74, 6) is 1.14. The smallest absolute Gasteiger partial charge is 0.221 e. The summed E-state index contributed by atoms with van der Waals surface area (Å²) in [5.41, 5.74) is 0.990. The molecule has 3 rings (SSSR count). The predicted octanol–water partition coefficient (Wildman–Crippen LogP) is 2.86. The molecule has 2 heterocycles. The van der Waals surface area contributed by atoms with Crippen LogP contribution in [0.25, 0.3) is 0 Å². The highest BCUT2D eigenvalue weighted by molar-refractivity contribution is 7.99. The van der Waals surface area contributed by atoms with Crippen LogP contribution in [0.3, 0.4) is 0 Å². The van der Waals surface area contributed by atoms with Crippen molar-refractivity contribution < 1.29 is 13.9 Å². The Morgan fingerprint density at radius 2 is 2.04 bits per heavy atom. The number of morpholine rings is 1. The van der Waals surface area contributed by atoms with Crippen LogP contribution in [0.1, 0.15) is 12.0 Å². The lowest BCUT2D eigenvalue weighted by atomic mass is 10.2. The average molecular weight is 375 g/mol. The molecule has 0 spiro atoms. The number of nitrogens with one attached hydrogen (secondary N) is 1. The Bertz CT molecular complexity index is 738. The van der Waals surface area contributed by atoms with Gasteiger partial charge in [0.1, 0.15) is 11.6 Å². The van der Waals surface area contributed by atoms with Crippen molar-refractivity contribution in [2.75, 3.05) is 37.0 Å². The number of benzene rings is 1. The lowest BCUT2D eigenvalue weighted by Gasteiger charge is -2.29. The van der Waals surface area contributed by atoms with Crippen LogP contribution in [0.2, 0.25) is 0 Å². The fourth-order valence-electron chi connectivity index (χ4n) is 2.73. The first kappa shape index (κ1) is 18.7. The average Bonchev–Trinajstić information content (AvgIpc) is 2.69. The number of amides is 1. The van der Waals surface area contributed by atoms with Crippen LogP contribution in [-0.4, -0.2) is 42.9 Å². The van der Waals surface area contributed by atoms with Crippen LogP contribution >= 0.6 is 11.8 Å². The second-order valence-corrected chi connectivity index (χ2v) is 7.03. The van der Waals surface area contributed by atoms with Gasteiger partial charge in [0.15, 0.2) is 0 Å². The molecule has 5 nitrogen and oxygen atoms in total. The SMILES string of the molecule is O=C(CCSc1ccccc1F)NCc1cccnc1N1CCOCC1. The molecule has 7 heteroatoms. The summed E-state index contributed by atoms with van der Waals surface area (Å²) in [4.78, 5) is 19.3. The van der Waals surface area contributed by atoms with Crippen molar-refractivity contribution in [2.24, 2.45) is 0 Å². The van der Waals surface area contributed by atoms with Crippen LogP contribution in [0.4, 0.5) is 10.2 Å². The molecule has 1 saturated heterocycles. The number of carbonyl (C=O) groups excluding carboxylic acids is 1. The van der Waals surface area contributed by atoms with Crippen LogP contribution < -0.4 is 10.2 Å². The minimum atomic E-state index is -0.247. The van der Waals surface area contributed by atoms with Gasteiger partial charge in [-0.05, 0) is 18.2 Å². The number of aromatic nitrogens is 1. The van der Waals surface area contributed by atoms with E-state index >= 15 is 0 Å². The second kappa shape index (κ2) is 9.54. The Labute approximate surface area is 156 Å². The number of halogens is 1. The third kappa shape index (κ3) is 5.19. The Kier molecular flexibility index (Phi) is 6.85. The minimum Gasteiger partial charge on any atom is -0.378 e. The Morgan fingerprint density at radius 3 is 2.85 bits per heavy atom. The van der Waals surface area contributed by atoms with Gasteiger partial charge >= 0.3 is 0 Å². The molecule has 1 aliphatic rings. The molecule has 1 fully saturated rings. The summed E-state index contributed by atoms with van der Waals surface area (Å²) in [6.07, 6.45) is 2.10. The molecule has 0 bridgehead atoms. The van der Waals surface area contributed by atoms with Crippen molar-refractivity contribution in [3.05, 3.63) is 54.0 Å². The number of ether oxygens (including phenoxy) is 1. The summed E-state index contributed by atoms with van der Waals surface area (Å²) < 4.78 is 18.9. The monoisotopic (exact) mass is 375 g/mol. The molecule has 1 amide bonds. The lowest BCUT2D eigenvalue weighted by molar-refractivity contribution is -0.120. The van der Waals surface area contributed by atoms with Gasteiger partial charge in [0.2, 0.25) is 5.91 Å². The fourth-order valence-corrected chi connectivity index (χ4v) is 3.61. The molecule has 1 aromatic carbocycles. The number of carbonyl (C=O) groups is 1. The Hall–Kier alpha value is -2.12. The first-order valence-electron chi connectivity index (χ1n) is 8.64. The highest BCUT2D eigenvalue weighted by atomic mass is 32.2. The van der Waals surface area contributed by atoms with E-state index in [1.165, 1.54) is 17.8 Å². The van der Waals surface area contributed by atoms with E-state index in [0.717, 1.165) is 24.5 Å². The van der Waals surface area contributed by atoms with Crippen molar-refractivity contribution in [1.82, 2.24) is 10.3 Å². The van der Waals surface area contributed by atoms with Gasteiger partial charge in [-0.3, -0.25) is 4.79 Å². The Morgan fingerprint density at radius 1 is 1.23 bits per heavy atom. The number of rotatable bonds is 7. The normalized spacial score (nSPS) is 14.3. The van der Waals surface area contributed by atoms with Gasteiger partial charge in [0.25, 0.3) is 0 Å². The van der Waals surface area contributed by atoms with E-state index in [4.69, 9.17) is 4.74 Å². The molecule has 2 aromatic rings. The minimum absolute atomic E-state index is 0.0504. The van der Waals surface area contributed by atoms with Gasteiger partial charge in [-0.2, -0.15) is 0 Å². The number of pyridine rings is 1. The van der Waals surface area contributed by atoms with Gasteiger partial charge in [-0.15, -0.1) is 11.8 Å². The van der Waals surface area contributed by atoms with Crippen molar-refractivity contribution >= 4 is 23.5 Å². The number of hydrogen-bond donors (Lipinski definition) is 1. The zero-order chi connectivity index (χ0) is 18.2. The van der Waals surface area contributed by atoms with E-state index in [1.54, 1.807) is 24.4 Å². The summed E-state index contributed by atoms with van der Waals surface area (Å²) >= 11 is 1.35. The van der Waals surface area contributed by atoms with Crippen molar-refractivity contribution in [3.8, 4) is 0 Å². The molecule has 26 heavy (non-hydrogen) atoms. The second-order valence-electron chi connectivity index (χ2n) is 5.89. The van der Waals surface area contributed by atoms with Crippen molar-refractivity contribution in [3.63, 3.8) is 0 Å². The number of thioether (sulfide) groups is 1. The van der Waals surface area contributed by atoms with Crippen LogP contribution in [0.5, 0.6) is 0 Å². The molecular formula is C19H22FN3O2S. The van der Waals surface area contributed by atoms with Crippen LogP contribution in [0, 0.1) is 5.82 Å². The predicted molar refractivity (Wildman–Crippen MR) is 101 cm³/mol. The first-order chi connectivity index (χ1) is 12.7. The highest BCUT2D eigenvalue weighted by Crippen LogP contribution is 2.22. The van der Waals surface area contributed by atoms with Gasteiger partial charge in [0, 0.05) is 48.5 Å². The maximum absolute atomic E-state index is 13.6. The van der Waals surface area contributed by atoms with E-state index in [9.17, 15) is 9.18 Å². The molecule has 0 radical (unpaired) electrons. The van der Waals surface area contributed by atoms with Crippen molar-refractivity contribution in [2.45, 2.75) is 17.9 Å². The summed E-state index contributed by atoms with van der Waals surface area (Å²) in [6.45, 7) is 3.42. The molecule has 138 valence electrons. The quantitative estimate of drug-likeness (QED) is 0.754. The van der Waals surface area contributed by atoms with Gasteiger partial charge in [-0.1, -0.05) is 18.2 Å². The molecule has 0 atom stereocenters. The summed E-state index contributed by atoms with van der Waals surface area (Å²) in [7, 11) is 0. The van der Waals surface area contributed by atoms with E-state index in [0.29, 0.717) is 36.8 Å². The van der Waals surface area contributed by atoms with E-state index in [1.807, 2.05) is 12.1 Å². The van der Waals surface area contributed by atoms with E-state index in [2.05, 4.69) is 15.2 Å². The van der Waals surface area contributed by atoms with Crippen molar-refractivity contribution in [1.29, 1.82) is 0 Å². The number of nitrogens with zero attached hydrogens (tertiary/aromatic N) is 2. The Balaban J connectivity index is 1.48. The standard InChI is InChI=1S/C19H22FN3O2S/c20-16-5-1-2-6-17(16)26-13-7-18(24)22-14-15-4-3-8-21-19(15)23-9-11-25-12-10-23/h1-6,8H,7,9-14H2,(H,22,24). The zero-order valence-electron chi connectivity index (χ0n) is 14.5. The maximum atomic E-state index is 13.6. The van der Waals surface area contributed by atoms with Gasteiger partial charge in [-0.25, -0.2) is 9.37 Å². The number of hydrogen-bond acceptors (Lipinski definition) is 5. The molecule has 0 unspecified atom stereocenters. The molecule has 1 aliphatic heterocycles. The highest BCUT2D eigenvalue weighted by Gasteiger charge is 2.16. The van der Waals surface area contributed by atoms with Gasteiger partial charge in [0.05, 0.1) is 13.2 Å². The summed E-state index contributed by atoms with van der Waals surface area (Å²) in [6, 6.07) is 10.5. The zero-order valence-corrected chi connectivity index (χ0v) is 15.3. The molecular weight excluding hydrogens is 353 g/mol. The van der Waals surface area contributed by atoms with Crippen LogP contribution in [-0.2, 0) is 16.1 Å². The largest absolute Gasteiger partial charge is 0.378 e. The lowest BCUT2D eigenvalue weighted by Crippen LogP contribution is -2.37. The topological polar surface area (TPSA) is 54.5 Å². The first-order valence-corrected chi connectivity index (χ1v) is 9.63. The summed E-state index contributed by atoms with van der Waals surface area (Å²) in [5, 5.41) is 2.94. The molecule has 1 aromatic heterocycles. The number of anilines is 1. The van der Waals surface area contributed by atoms with Gasteiger partial charge < -0.3 is 15.0 Å².